The third-order valence-electron chi connectivity index (χ3n) is 3.24. The lowest BCUT2D eigenvalue weighted by Gasteiger charge is -2.29. The third kappa shape index (κ3) is 3.55. The Labute approximate surface area is 118 Å². The number of nitrogens with zero attached hydrogens (tertiary/aromatic N) is 2. The molecule has 0 bridgehead atoms. The average Bonchev–Trinajstić information content (AvgIpc) is 3.02. The highest BCUT2D eigenvalue weighted by atomic mass is 32.2. The van der Waals surface area contributed by atoms with Crippen molar-refractivity contribution < 1.29 is 14.3 Å². The molecular weight excluding hydrogens is 264 g/mol. The number of thioether (sulfide) groups is 1. The summed E-state index contributed by atoms with van der Waals surface area (Å²) in [6.45, 7) is 5.50. The van der Waals surface area contributed by atoms with Crippen LogP contribution in [0.5, 0.6) is 0 Å². The maximum Gasteiger partial charge on any atom is 0.411 e. The molecule has 0 radical (unpaired) electrons. The number of amides is 2. The van der Waals surface area contributed by atoms with Crippen LogP contribution in [0.4, 0.5) is 4.79 Å². The summed E-state index contributed by atoms with van der Waals surface area (Å²) >= 11 is 1.60. The van der Waals surface area contributed by atoms with Crippen LogP contribution in [0.1, 0.15) is 33.6 Å². The summed E-state index contributed by atoms with van der Waals surface area (Å²) in [5.74, 6) is 1.23. The average molecular weight is 286 g/mol. The molecule has 0 aromatic carbocycles. The minimum absolute atomic E-state index is 0.0401. The summed E-state index contributed by atoms with van der Waals surface area (Å²) < 4.78 is 5.36. The Kier molecular flexibility index (Phi) is 3.99. The summed E-state index contributed by atoms with van der Waals surface area (Å²) in [7, 11) is 1.83. The highest BCUT2D eigenvalue weighted by Crippen LogP contribution is 2.30. The van der Waals surface area contributed by atoms with Crippen molar-refractivity contribution in [3.63, 3.8) is 0 Å². The van der Waals surface area contributed by atoms with Gasteiger partial charge in [0, 0.05) is 18.8 Å². The maximum atomic E-state index is 12.4. The van der Waals surface area contributed by atoms with Crippen molar-refractivity contribution in [3.8, 4) is 0 Å². The van der Waals surface area contributed by atoms with Crippen molar-refractivity contribution in [2.75, 3.05) is 18.7 Å². The van der Waals surface area contributed by atoms with Crippen LogP contribution in [0.3, 0.4) is 0 Å². The molecule has 0 aromatic heterocycles. The number of rotatable bonds is 2. The van der Waals surface area contributed by atoms with E-state index in [0.717, 1.165) is 12.8 Å². The van der Waals surface area contributed by atoms with Gasteiger partial charge in [-0.1, -0.05) is 0 Å². The van der Waals surface area contributed by atoms with Gasteiger partial charge in [0.15, 0.2) is 0 Å². The second-order valence-electron chi connectivity index (χ2n) is 6.15. The van der Waals surface area contributed by atoms with Crippen molar-refractivity contribution >= 4 is 23.8 Å². The fourth-order valence-corrected chi connectivity index (χ4v) is 3.16. The molecule has 0 N–H and O–H groups in total. The van der Waals surface area contributed by atoms with Gasteiger partial charge in [0.2, 0.25) is 5.91 Å². The quantitative estimate of drug-likeness (QED) is 0.778. The van der Waals surface area contributed by atoms with E-state index in [2.05, 4.69) is 0 Å². The van der Waals surface area contributed by atoms with E-state index in [4.69, 9.17) is 4.74 Å². The molecule has 2 fully saturated rings. The Balaban J connectivity index is 1.99. The van der Waals surface area contributed by atoms with Crippen molar-refractivity contribution in [2.24, 2.45) is 0 Å². The zero-order valence-electron chi connectivity index (χ0n) is 12.0. The molecule has 1 aliphatic heterocycles. The third-order valence-corrected chi connectivity index (χ3v) is 4.25. The summed E-state index contributed by atoms with van der Waals surface area (Å²) in [5, 5.41) is 0. The van der Waals surface area contributed by atoms with Crippen LogP contribution in [0, 0.1) is 0 Å². The van der Waals surface area contributed by atoms with Crippen LogP contribution in [-0.2, 0) is 9.53 Å². The first-order valence-corrected chi connectivity index (χ1v) is 7.79. The van der Waals surface area contributed by atoms with E-state index in [-0.39, 0.29) is 18.0 Å². The zero-order chi connectivity index (χ0) is 14.2. The van der Waals surface area contributed by atoms with Crippen LogP contribution >= 0.6 is 11.8 Å². The lowest BCUT2D eigenvalue weighted by Crippen LogP contribution is -2.49. The molecule has 1 saturated carbocycles. The number of carbonyl (C=O) groups is 2. The van der Waals surface area contributed by atoms with Crippen LogP contribution in [0.15, 0.2) is 0 Å². The molecule has 0 aromatic rings. The smallest absolute Gasteiger partial charge is 0.411 e. The largest absolute Gasteiger partial charge is 0.444 e. The number of ether oxygens (including phenoxy) is 1. The molecule has 1 heterocycles. The van der Waals surface area contributed by atoms with E-state index in [1.807, 2.05) is 27.8 Å². The molecule has 2 rings (SSSR count). The van der Waals surface area contributed by atoms with Gasteiger partial charge in [-0.2, -0.15) is 0 Å². The lowest BCUT2D eigenvalue weighted by molar-refractivity contribution is -0.134. The normalized spacial score (nSPS) is 23.4. The first-order chi connectivity index (χ1) is 8.79. The van der Waals surface area contributed by atoms with Gasteiger partial charge in [0.1, 0.15) is 11.6 Å². The molecule has 2 aliphatic rings. The van der Waals surface area contributed by atoms with E-state index in [9.17, 15) is 9.59 Å². The van der Waals surface area contributed by atoms with Crippen LogP contribution in [-0.4, -0.2) is 58.2 Å². The Morgan fingerprint density at radius 1 is 1.32 bits per heavy atom. The Morgan fingerprint density at radius 3 is 2.47 bits per heavy atom. The summed E-state index contributed by atoms with van der Waals surface area (Å²) in [4.78, 5) is 27.8. The van der Waals surface area contributed by atoms with Gasteiger partial charge in [0.25, 0.3) is 0 Å². The fourth-order valence-electron chi connectivity index (χ4n) is 2.02. The minimum atomic E-state index is -0.527. The number of carbonyl (C=O) groups excluding carboxylic acids is 2. The first kappa shape index (κ1) is 14.5. The summed E-state index contributed by atoms with van der Waals surface area (Å²) in [6, 6.07) is 0.00374. The first-order valence-electron chi connectivity index (χ1n) is 6.63. The second kappa shape index (κ2) is 5.23. The van der Waals surface area contributed by atoms with Gasteiger partial charge in [-0.25, -0.2) is 4.79 Å². The zero-order valence-corrected chi connectivity index (χ0v) is 12.8. The van der Waals surface area contributed by atoms with E-state index in [0.29, 0.717) is 17.7 Å². The monoisotopic (exact) mass is 286 g/mol. The SMILES string of the molecule is CN(C(=O)[C@H]1CSCN1C(=O)OC(C)(C)C)C1CC1. The number of likely N-dealkylation sites (N-methyl/N-ethyl adjacent to an activating group) is 1. The molecule has 0 spiro atoms. The van der Waals surface area contributed by atoms with Crippen molar-refractivity contribution in [3.05, 3.63) is 0 Å². The van der Waals surface area contributed by atoms with Crippen molar-refractivity contribution in [2.45, 2.75) is 51.3 Å². The van der Waals surface area contributed by atoms with Gasteiger partial charge >= 0.3 is 6.09 Å². The molecular formula is C13H22N2O3S. The standard InChI is InChI=1S/C13H22N2O3S/c1-13(2,3)18-12(17)15-8-19-7-10(15)11(16)14(4)9-5-6-9/h9-10H,5-8H2,1-4H3/t10-/m1/s1. The number of hydrogen-bond donors (Lipinski definition) is 0. The van der Waals surface area contributed by atoms with Gasteiger partial charge < -0.3 is 9.64 Å². The van der Waals surface area contributed by atoms with E-state index in [1.165, 1.54) is 0 Å². The molecule has 1 atom stereocenters. The Hall–Kier alpha value is -0.910. The van der Waals surface area contributed by atoms with Crippen molar-refractivity contribution in [1.82, 2.24) is 9.80 Å². The molecule has 5 nitrogen and oxygen atoms in total. The highest BCUT2D eigenvalue weighted by Gasteiger charge is 2.41. The highest BCUT2D eigenvalue weighted by molar-refractivity contribution is 7.99. The predicted octanol–water partition coefficient (Wildman–Crippen LogP) is 1.92. The molecule has 108 valence electrons. The molecule has 2 amide bonds. The number of hydrogen-bond acceptors (Lipinski definition) is 4. The predicted molar refractivity (Wildman–Crippen MR) is 75.0 cm³/mol. The van der Waals surface area contributed by atoms with Gasteiger partial charge in [-0.15, -0.1) is 11.8 Å². The van der Waals surface area contributed by atoms with E-state index in [1.54, 1.807) is 21.6 Å². The maximum absolute atomic E-state index is 12.4. The van der Waals surface area contributed by atoms with Gasteiger partial charge in [0.05, 0.1) is 5.88 Å². The topological polar surface area (TPSA) is 49.9 Å². The summed E-state index contributed by atoms with van der Waals surface area (Å²) in [5.41, 5.74) is -0.527. The van der Waals surface area contributed by atoms with Gasteiger partial charge in [-0.05, 0) is 33.6 Å². The Bertz CT molecular complexity index is 377. The fraction of sp³-hybridized carbons (Fsp3) is 0.846. The van der Waals surface area contributed by atoms with Crippen LogP contribution < -0.4 is 0 Å². The molecule has 6 heteroatoms. The molecule has 1 aliphatic carbocycles. The molecule has 0 unspecified atom stereocenters. The second-order valence-corrected chi connectivity index (χ2v) is 7.15. The summed E-state index contributed by atoms with van der Waals surface area (Å²) in [6.07, 6.45) is 1.77. The van der Waals surface area contributed by atoms with Crippen LogP contribution in [0.2, 0.25) is 0 Å². The Morgan fingerprint density at radius 2 is 1.95 bits per heavy atom. The molecule has 1 saturated heterocycles. The van der Waals surface area contributed by atoms with Crippen molar-refractivity contribution in [1.29, 1.82) is 0 Å². The van der Waals surface area contributed by atoms with E-state index >= 15 is 0 Å². The minimum Gasteiger partial charge on any atom is -0.444 e. The molecule has 19 heavy (non-hydrogen) atoms. The van der Waals surface area contributed by atoms with Gasteiger partial charge in [-0.3, -0.25) is 9.69 Å². The lowest BCUT2D eigenvalue weighted by atomic mass is 10.2. The van der Waals surface area contributed by atoms with Crippen LogP contribution in [0.25, 0.3) is 0 Å². The van der Waals surface area contributed by atoms with E-state index < -0.39 is 5.60 Å².